The van der Waals surface area contributed by atoms with Crippen molar-refractivity contribution in [1.29, 1.82) is 0 Å². The van der Waals surface area contributed by atoms with Crippen molar-refractivity contribution in [2.75, 3.05) is 7.11 Å². The molecule has 1 aliphatic heterocycles. The third-order valence-corrected chi connectivity index (χ3v) is 3.66. The Bertz CT molecular complexity index is 750. The van der Waals surface area contributed by atoms with E-state index in [4.69, 9.17) is 9.47 Å². The van der Waals surface area contributed by atoms with Crippen LogP contribution in [0.5, 0.6) is 11.5 Å². The Morgan fingerprint density at radius 3 is 2.73 bits per heavy atom. The van der Waals surface area contributed by atoms with Crippen LogP contribution in [0.2, 0.25) is 0 Å². The zero-order chi connectivity index (χ0) is 15.7. The molecule has 2 aromatic carbocycles. The molecule has 1 N–H and O–H groups in total. The molecule has 1 heterocycles. The van der Waals surface area contributed by atoms with Crippen molar-refractivity contribution in [3.05, 3.63) is 59.2 Å². The van der Waals surface area contributed by atoms with Crippen LogP contribution in [0.3, 0.4) is 0 Å². The van der Waals surface area contributed by atoms with Gasteiger partial charge in [-0.15, -0.1) is 0 Å². The fraction of sp³-hybridized carbons (Fsp3) is 0.176. The number of methoxy groups -OCH3 is 1. The molecule has 1 unspecified atom stereocenters. The van der Waals surface area contributed by atoms with Crippen LogP contribution in [0.25, 0.3) is 0 Å². The number of rotatable bonds is 3. The number of hydrogen-bond acceptors (Lipinski definition) is 4. The number of fused-ring (bicyclic) bond motifs is 1. The summed E-state index contributed by atoms with van der Waals surface area (Å²) in [5.41, 5.74) is 1.05. The van der Waals surface area contributed by atoms with E-state index in [0.29, 0.717) is 22.6 Å². The predicted molar refractivity (Wildman–Crippen MR) is 78.7 cm³/mol. The molecule has 112 valence electrons. The van der Waals surface area contributed by atoms with Gasteiger partial charge >= 0.3 is 5.97 Å². The normalized spacial score (nSPS) is 16.6. The van der Waals surface area contributed by atoms with Crippen molar-refractivity contribution >= 4 is 11.8 Å². The number of carbonyl (C=O) groups is 2. The second-order valence-corrected chi connectivity index (χ2v) is 4.96. The first-order chi connectivity index (χ1) is 10.6. The quantitative estimate of drug-likeness (QED) is 0.942. The molecule has 2 aromatic rings. The van der Waals surface area contributed by atoms with Gasteiger partial charge < -0.3 is 14.6 Å². The molecule has 0 fully saturated rings. The topological polar surface area (TPSA) is 72.8 Å². The van der Waals surface area contributed by atoms with Gasteiger partial charge in [-0.1, -0.05) is 24.3 Å². The number of Topliss-reactive ketones (excluding diaryl/α,β-unsaturated/α-hetero) is 1. The maximum absolute atomic E-state index is 12.4. The Kier molecular flexibility index (Phi) is 3.55. The van der Waals surface area contributed by atoms with Gasteiger partial charge in [0.2, 0.25) is 0 Å². The Hall–Kier alpha value is -2.82. The minimum atomic E-state index is -1.04. The molecule has 5 nitrogen and oxygen atoms in total. The van der Waals surface area contributed by atoms with Gasteiger partial charge in [0.15, 0.2) is 5.78 Å². The van der Waals surface area contributed by atoms with E-state index in [2.05, 4.69) is 0 Å². The van der Waals surface area contributed by atoms with E-state index in [-0.39, 0.29) is 17.8 Å². The summed E-state index contributed by atoms with van der Waals surface area (Å²) in [6.45, 7) is 0. The number of aromatic carboxylic acids is 1. The van der Waals surface area contributed by atoms with Gasteiger partial charge in [-0.2, -0.15) is 0 Å². The first kappa shape index (κ1) is 14.1. The first-order valence-corrected chi connectivity index (χ1v) is 6.81. The highest BCUT2D eigenvalue weighted by Gasteiger charge is 2.32. The van der Waals surface area contributed by atoms with Crippen LogP contribution in [-0.4, -0.2) is 24.0 Å². The smallest absolute Gasteiger partial charge is 0.336 e. The number of benzene rings is 2. The Morgan fingerprint density at radius 1 is 1.23 bits per heavy atom. The second kappa shape index (κ2) is 5.52. The average Bonchev–Trinajstić information content (AvgIpc) is 2.54. The molecule has 1 atom stereocenters. The van der Waals surface area contributed by atoms with Crippen molar-refractivity contribution in [3.8, 4) is 11.5 Å². The van der Waals surface area contributed by atoms with Crippen molar-refractivity contribution < 1.29 is 24.2 Å². The summed E-state index contributed by atoms with van der Waals surface area (Å²) in [5.74, 6) is -0.278. The maximum atomic E-state index is 12.4. The van der Waals surface area contributed by atoms with E-state index < -0.39 is 12.1 Å². The molecule has 0 aliphatic carbocycles. The van der Waals surface area contributed by atoms with Crippen molar-refractivity contribution in [1.82, 2.24) is 0 Å². The van der Waals surface area contributed by atoms with Crippen LogP contribution in [0.1, 0.15) is 38.8 Å². The van der Waals surface area contributed by atoms with Gasteiger partial charge in [-0.3, -0.25) is 4.79 Å². The summed E-state index contributed by atoms with van der Waals surface area (Å²) in [6, 6.07) is 11.7. The summed E-state index contributed by atoms with van der Waals surface area (Å²) < 4.78 is 11.0. The van der Waals surface area contributed by atoms with Gasteiger partial charge in [0, 0.05) is 5.56 Å². The number of carboxylic acids is 1. The van der Waals surface area contributed by atoms with E-state index >= 15 is 0 Å². The summed E-state index contributed by atoms with van der Waals surface area (Å²) in [6.07, 6.45) is -0.531. The molecule has 0 radical (unpaired) electrons. The molecule has 3 rings (SSSR count). The fourth-order valence-corrected chi connectivity index (χ4v) is 2.67. The Balaban J connectivity index is 2.04. The molecular formula is C17H14O5. The van der Waals surface area contributed by atoms with E-state index in [0.717, 1.165) is 0 Å². The van der Waals surface area contributed by atoms with Gasteiger partial charge in [-0.05, 0) is 18.2 Å². The van der Waals surface area contributed by atoms with Gasteiger partial charge in [0.25, 0.3) is 0 Å². The number of carboxylic acid groups (broad SMARTS) is 1. The number of carbonyl (C=O) groups excluding carboxylic acids is 1. The Labute approximate surface area is 127 Å². The highest BCUT2D eigenvalue weighted by molar-refractivity contribution is 6.02. The monoisotopic (exact) mass is 298 g/mol. The molecular weight excluding hydrogens is 284 g/mol. The van der Waals surface area contributed by atoms with Gasteiger partial charge in [-0.25, -0.2) is 4.79 Å². The molecule has 5 heteroatoms. The molecule has 0 saturated heterocycles. The SMILES string of the molecule is COc1cccc2c1C(=O)CC(c1ccccc1C(=O)O)O2. The first-order valence-electron chi connectivity index (χ1n) is 6.81. The molecule has 0 saturated carbocycles. The standard InChI is InChI=1S/C17H14O5/c1-21-13-7-4-8-14-16(13)12(18)9-15(22-14)10-5-2-3-6-11(10)17(19)20/h2-8,15H,9H2,1H3,(H,19,20). The zero-order valence-corrected chi connectivity index (χ0v) is 11.9. The van der Waals surface area contributed by atoms with Crippen LogP contribution in [0, 0.1) is 0 Å². The lowest BCUT2D eigenvalue weighted by atomic mass is 9.93. The van der Waals surface area contributed by atoms with Crippen LogP contribution >= 0.6 is 0 Å². The van der Waals surface area contributed by atoms with Crippen LogP contribution in [0.4, 0.5) is 0 Å². The highest BCUT2D eigenvalue weighted by Crippen LogP contribution is 2.39. The summed E-state index contributed by atoms with van der Waals surface area (Å²) >= 11 is 0. The van der Waals surface area contributed by atoms with Crippen LogP contribution in [0.15, 0.2) is 42.5 Å². The van der Waals surface area contributed by atoms with Gasteiger partial charge in [0.1, 0.15) is 23.2 Å². The lowest BCUT2D eigenvalue weighted by molar-refractivity contribution is 0.0682. The van der Waals surface area contributed by atoms with Crippen molar-refractivity contribution in [2.24, 2.45) is 0 Å². The fourth-order valence-electron chi connectivity index (χ4n) is 2.67. The lowest BCUT2D eigenvalue weighted by Crippen LogP contribution is -2.22. The predicted octanol–water partition coefficient (Wildman–Crippen LogP) is 3.10. The molecule has 0 spiro atoms. The van der Waals surface area contributed by atoms with E-state index in [1.807, 2.05) is 0 Å². The highest BCUT2D eigenvalue weighted by atomic mass is 16.5. The third-order valence-electron chi connectivity index (χ3n) is 3.66. The number of hydrogen-bond donors (Lipinski definition) is 1. The Morgan fingerprint density at radius 2 is 2.00 bits per heavy atom. The lowest BCUT2D eigenvalue weighted by Gasteiger charge is -2.27. The number of ketones is 1. The van der Waals surface area contributed by atoms with Crippen molar-refractivity contribution in [2.45, 2.75) is 12.5 Å². The second-order valence-electron chi connectivity index (χ2n) is 4.96. The minimum Gasteiger partial charge on any atom is -0.496 e. The largest absolute Gasteiger partial charge is 0.496 e. The van der Waals surface area contributed by atoms with Crippen LogP contribution in [-0.2, 0) is 0 Å². The molecule has 0 aromatic heterocycles. The van der Waals surface area contributed by atoms with Crippen molar-refractivity contribution in [3.63, 3.8) is 0 Å². The van der Waals surface area contributed by atoms with Gasteiger partial charge in [0.05, 0.1) is 19.1 Å². The molecule has 0 amide bonds. The maximum Gasteiger partial charge on any atom is 0.336 e. The zero-order valence-electron chi connectivity index (χ0n) is 11.9. The number of ether oxygens (including phenoxy) is 2. The average molecular weight is 298 g/mol. The van der Waals surface area contributed by atoms with Crippen LogP contribution < -0.4 is 9.47 Å². The summed E-state index contributed by atoms with van der Waals surface area (Å²) in [7, 11) is 1.49. The van der Waals surface area contributed by atoms with E-state index in [1.54, 1.807) is 36.4 Å². The summed E-state index contributed by atoms with van der Waals surface area (Å²) in [4.78, 5) is 23.8. The molecule has 0 bridgehead atoms. The third kappa shape index (κ3) is 2.30. The summed E-state index contributed by atoms with van der Waals surface area (Å²) in [5, 5.41) is 9.28. The molecule has 22 heavy (non-hydrogen) atoms. The van der Waals surface area contributed by atoms with E-state index in [9.17, 15) is 14.7 Å². The van der Waals surface area contributed by atoms with E-state index in [1.165, 1.54) is 13.2 Å². The minimum absolute atomic E-state index is 0.0810. The molecule has 1 aliphatic rings.